The summed E-state index contributed by atoms with van der Waals surface area (Å²) in [4.78, 5) is 29.9. The van der Waals surface area contributed by atoms with Crippen LogP contribution in [0, 0.1) is 0 Å². The first-order valence-corrected chi connectivity index (χ1v) is 9.06. The number of imidazole rings is 2. The third-order valence-electron chi connectivity index (χ3n) is 4.93. The molecular formula is C21H20N6O. The normalized spacial score (nSPS) is 13.2. The molecule has 0 N–H and O–H groups in total. The average Bonchev–Trinajstić information content (AvgIpc) is 3.47. The highest BCUT2D eigenvalue weighted by atomic mass is 16.1. The molecular weight excluding hydrogens is 352 g/mol. The standard InChI is InChI=1S/C21H20N6O/c1-15(17-3-5-19(24-11-17)26-9-7-22-13-26)21(28)16(2)18-4-6-20(25-12-18)27-10-8-23-14-27/h3-16H,1-2H3. The van der Waals surface area contributed by atoms with Crippen LogP contribution in [-0.2, 0) is 4.79 Å². The summed E-state index contributed by atoms with van der Waals surface area (Å²) in [5.41, 5.74) is 1.78. The van der Waals surface area contributed by atoms with Crippen molar-refractivity contribution in [2.45, 2.75) is 25.7 Å². The minimum atomic E-state index is -0.257. The SMILES string of the molecule is CC(C(=O)C(C)c1ccc(-n2ccnc2)nc1)c1ccc(-n2ccnc2)nc1. The molecule has 0 amide bonds. The zero-order valence-corrected chi connectivity index (χ0v) is 15.7. The van der Waals surface area contributed by atoms with Crippen LogP contribution in [0.5, 0.6) is 0 Å². The summed E-state index contributed by atoms with van der Waals surface area (Å²) < 4.78 is 3.65. The molecule has 140 valence electrons. The molecule has 0 bridgehead atoms. The van der Waals surface area contributed by atoms with Gasteiger partial charge in [0, 0.05) is 49.0 Å². The van der Waals surface area contributed by atoms with Crippen LogP contribution in [0.25, 0.3) is 11.6 Å². The lowest BCUT2D eigenvalue weighted by atomic mass is 9.87. The zero-order chi connectivity index (χ0) is 19.5. The maximum absolute atomic E-state index is 13.0. The minimum absolute atomic E-state index is 0.134. The Balaban J connectivity index is 1.48. The number of pyridine rings is 2. The van der Waals surface area contributed by atoms with Gasteiger partial charge in [-0.1, -0.05) is 26.0 Å². The first-order valence-electron chi connectivity index (χ1n) is 9.06. The lowest BCUT2D eigenvalue weighted by Crippen LogP contribution is -2.17. The van der Waals surface area contributed by atoms with Gasteiger partial charge in [0.05, 0.1) is 0 Å². The molecule has 2 atom stereocenters. The van der Waals surface area contributed by atoms with Crippen LogP contribution in [0.4, 0.5) is 0 Å². The third kappa shape index (κ3) is 3.46. The fourth-order valence-electron chi connectivity index (χ4n) is 3.11. The van der Waals surface area contributed by atoms with E-state index in [1.165, 1.54) is 0 Å². The summed E-state index contributed by atoms with van der Waals surface area (Å²) >= 11 is 0. The maximum Gasteiger partial charge on any atom is 0.147 e. The van der Waals surface area contributed by atoms with E-state index in [0.29, 0.717) is 0 Å². The summed E-state index contributed by atoms with van der Waals surface area (Å²) in [6, 6.07) is 7.68. The van der Waals surface area contributed by atoms with Crippen LogP contribution in [0.15, 0.2) is 74.1 Å². The van der Waals surface area contributed by atoms with Gasteiger partial charge in [0.15, 0.2) is 0 Å². The Hall–Kier alpha value is -3.61. The Labute approximate surface area is 162 Å². The molecule has 0 spiro atoms. The fourth-order valence-corrected chi connectivity index (χ4v) is 3.11. The molecule has 7 nitrogen and oxygen atoms in total. The van der Waals surface area contributed by atoms with E-state index >= 15 is 0 Å². The minimum Gasteiger partial charge on any atom is -0.298 e. The van der Waals surface area contributed by atoms with Gasteiger partial charge < -0.3 is 0 Å². The van der Waals surface area contributed by atoms with Gasteiger partial charge in [-0.2, -0.15) is 0 Å². The van der Waals surface area contributed by atoms with Gasteiger partial charge in [0.2, 0.25) is 0 Å². The Morgan fingerprint density at radius 3 is 1.57 bits per heavy atom. The van der Waals surface area contributed by atoms with E-state index < -0.39 is 0 Å². The van der Waals surface area contributed by atoms with E-state index in [2.05, 4.69) is 19.9 Å². The van der Waals surface area contributed by atoms with Crippen molar-refractivity contribution in [1.29, 1.82) is 0 Å². The second kappa shape index (κ2) is 7.56. The van der Waals surface area contributed by atoms with E-state index in [0.717, 1.165) is 22.8 Å². The van der Waals surface area contributed by atoms with Crippen molar-refractivity contribution in [3.63, 3.8) is 0 Å². The summed E-state index contributed by atoms with van der Waals surface area (Å²) in [7, 11) is 0. The van der Waals surface area contributed by atoms with E-state index in [1.54, 1.807) is 37.4 Å². The second-order valence-corrected chi connectivity index (χ2v) is 6.69. The average molecular weight is 372 g/mol. The van der Waals surface area contributed by atoms with E-state index in [9.17, 15) is 4.79 Å². The Morgan fingerprint density at radius 1 is 0.786 bits per heavy atom. The summed E-state index contributed by atoms with van der Waals surface area (Å²) in [6.07, 6.45) is 14.0. The number of hydrogen-bond donors (Lipinski definition) is 0. The van der Waals surface area contributed by atoms with Crippen LogP contribution in [0.1, 0.15) is 36.8 Å². The van der Waals surface area contributed by atoms with Crippen molar-refractivity contribution < 1.29 is 4.79 Å². The largest absolute Gasteiger partial charge is 0.298 e. The van der Waals surface area contributed by atoms with Crippen molar-refractivity contribution in [2.75, 3.05) is 0 Å². The first-order chi connectivity index (χ1) is 13.6. The summed E-state index contributed by atoms with van der Waals surface area (Å²) in [5, 5.41) is 0. The van der Waals surface area contributed by atoms with Crippen LogP contribution in [0.2, 0.25) is 0 Å². The van der Waals surface area contributed by atoms with Crippen LogP contribution in [-0.4, -0.2) is 34.9 Å². The number of rotatable bonds is 6. The molecule has 4 aromatic rings. The topological polar surface area (TPSA) is 78.5 Å². The number of ketones is 1. The van der Waals surface area contributed by atoms with Crippen molar-refractivity contribution in [3.05, 3.63) is 85.2 Å². The molecule has 4 heterocycles. The zero-order valence-electron chi connectivity index (χ0n) is 15.7. The maximum atomic E-state index is 13.0. The van der Waals surface area contributed by atoms with Gasteiger partial charge in [-0.05, 0) is 23.3 Å². The van der Waals surface area contributed by atoms with Gasteiger partial charge in [0.25, 0.3) is 0 Å². The van der Waals surface area contributed by atoms with E-state index in [4.69, 9.17) is 0 Å². The molecule has 0 fully saturated rings. The van der Waals surface area contributed by atoms with Gasteiger partial charge in [0.1, 0.15) is 30.1 Å². The van der Waals surface area contributed by atoms with Crippen molar-refractivity contribution in [1.82, 2.24) is 29.1 Å². The number of Topliss-reactive ketones (excluding diaryl/α,β-unsaturated/α-hetero) is 1. The quantitative estimate of drug-likeness (QED) is 0.519. The number of carbonyl (C=O) groups excluding carboxylic acids is 1. The number of hydrogen-bond acceptors (Lipinski definition) is 5. The van der Waals surface area contributed by atoms with Gasteiger partial charge in [-0.3, -0.25) is 13.9 Å². The highest BCUT2D eigenvalue weighted by molar-refractivity contribution is 5.91. The fraction of sp³-hybridized carbons (Fsp3) is 0.190. The summed E-state index contributed by atoms with van der Waals surface area (Å²) in [6.45, 7) is 3.83. The molecule has 0 aromatic carbocycles. The highest BCUT2D eigenvalue weighted by Gasteiger charge is 2.23. The molecule has 4 aromatic heterocycles. The van der Waals surface area contributed by atoms with Gasteiger partial charge in [-0.15, -0.1) is 0 Å². The van der Waals surface area contributed by atoms with Crippen molar-refractivity contribution in [3.8, 4) is 11.6 Å². The second-order valence-electron chi connectivity index (χ2n) is 6.69. The Bertz CT molecular complexity index is 952. The van der Waals surface area contributed by atoms with Gasteiger partial charge in [-0.25, -0.2) is 19.9 Å². The molecule has 4 rings (SSSR count). The molecule has 7 heteroatoms. The molecule has 0 aliphatic carbocycles. The van der Waals surface area contributed by atoms with Crippen molar-refractivity contribution >= 4 is 5.78 Å². The molecule has 28 heavy (non-hydrogen) atoms. The molecule has 0 saturated heterocycles. The van der Waals surface area contributed by atoms with Crippen molar-refractivity contribution in [2.24, 2.45) is 0 Å². The van der Waals surface area contributed by atoms with Crippen LogP contribution >= 0.6 is 0 Å². The monoisotopic (exact) mass is 372 g/mol. The molecule has 0 radical (unpaired) electrons. The van der Waals surface area contributed by atoms with E-state index in [1.807, 2.05) is 59.6 Å². The molecule has 0 aliphatic rings. The molecule has 0 saturated carbocycles. The predicted octanol–water partition coefficient (Wildman–Crippen LogP) is 3.32. The molecule has 0 aliphatic heterocycles. The van der Waals surface area contributed by atoms with Crippen LogP contribution in [0.3, 0.4) is 0 Å². The number of nitrogens with zero attached hydrogens (tertiary/aromatic N) is 6. The lowest BCUT2D eigenvalue weighted by Gasteiger charge is -2.17. The number of carbonyl (C=O) groups is 1. The smallest absolute Gasteiger partial charge is 0.147 e. The Kier molecular flexibility index (Phi) is 4.80. The van der Waals surface area contributed by atoms with E-state index in [-0.39, 0.29) is 17.6 Å². The number of aromatic nitrogens is 6. The third-order valence-corrected chi connectivity index (χ3v) is 4.93. The first kappa shape index (κ1) is 17.8. The predicted molar refractivity (Wildman–Crippen MR) is 105 cm³/mol. The molecule has 2 unspecified atom stereocenters. The summed E-state index contributed by atoms with van der Waals surface area (Å²) in [5.74, 6) is 1.16. The highest BCUT2D eigenvalue weighted by Crippen LogP contribution is 2.26. The lowest BCUT2D eigenvalue weighted by molar-refractivity contribution is -0.121. The van der Waals surface area contributed by atoms with Gasteiger partial charge >= 0.3 is 0 Å². The Morgan fingerprint density at radius 2 is 1.25 bits per heavy atom. The van der Waals surface area contributed by atoms with Crippen LogP contribution < -0.4 is 0 Å².